The number of unbranched alkanes of at least 4 members (excludes halogenated alkanes) is 1. The van der Waals surface area contributed by atoms with Crippen LogP contribution < -0.4 is 5.73 Å². The quantitative estimate of drug-likeness (QED) is 0.449. The molecule has 4 heteroatoms. The Morgan fingerprint density at radius 3 is 2.46 bits per heavy atom. The zero-order chi connectivity index (χ0) is 10.3. The van der Waals surface area contributed by atoms with Crippen molar-refractivity contribution in [2.45, 2.75) is 32.1 Å². The summed E-state index contributed by atoms with van der Waals surface area (Å²) in [5, 5.41) is 9.94. The van der Waals surface area contributed by atoms with Crippen molar-refractivity contribution in [3.8, 4) is 0 Å². The van der Waals surface area contributed by atoms with Gasteiger partial charge in [0, 0.05) is 6.42 Å². The highest BCUT2D eigenvalue weighted by molar-refractivity contribution is 4.64. The molecule has 0 saturated heterocycles. The molecule has 0 rings (SSSR count). The van der Waals surface area contributed by atoms with Crippen LogP contribution in [0, 0.1) is 0 Å². The van der Waals surface area contributed by atoms with Crippen LogP contribution in [0.25, 0.3) is 0 Å². The Bertz CT molecular complexity index is 131. The Morgan fingerprint density at radius 2 is 2.08 bits per heavy atom. The molecule has 0 heterocycles. The average molecular weight is 190 g/mol. The monoisotopic (exact) mass is 190 g/mol. The van der Waals surface area contributed by atoms with Gasteiger partial charge in [-0.2, -0.15) is 0 Å². The summed E-state index contributed by atoms with van der Waals surface area (Å²) in [6.07, 6.45) is 2.45. The van der Waals surface area contributed by atoms with Crippen LogP contribution in [0.4, 0.5) is 0 Å². The third-order valence-electron chi connectivity index (χ3n) is 2.00. The Hall–Kier alpha value is -0.160. The van der Waals surface area contributed by atoms with Crippen LogP contribution in [0.5, 0.6) is 0 Å². The van der Waals surface area contributed by atoms with Crippen molar-refractivity contribution in [1.29, 1.82) is 0 Å². The van der Waals surface area contributed by atoms with E-state index in [0.29, 0.717) is 19.6 Å². The molecule has 13 heavy (non-hydrogen) atoms. The molecule has 1 atom stereocenters. The summed E-state index contributed by atoms with van der Waals surface area (Å²) in [4.78, 5) is 1.65. The molecule has 1 unspecified atom stereocenters. The smallest absolute Gasteiger partial charge is 0.228 e. The highest BCUT2D eigenvalue weighted by Gasteiger charge is 2.29. The normalized spacial score (nSPS) is 16.2. The zero-order valence-electron chi connectivity index (χ0n) is 8.92. The van der Waals surface area contributed by atoms with Crippen LogP contribution in [0.15, 0.2) is 0 Å². The summed E-state index contributed by atoms with van der Waals surface area (Å²) in [6.45, 7) is 3.08. The molecule has 0 radical (unpaired) electrons. The number of ether oxygens (including phenoxy) is 1. The summed E-state index contributed by atoms with van der Waals surface area (Å²) >= 11 is 0. The van der Waals surface area contributed by atoms with Crippen LogP contribution in [0.3, 0.4) is 0 Å². The minimum atomic E-state index is -1.19. The van der Waals surface area contributed by atoms with Crippen LogP contribution >= 0.6 is 0 Å². The van der Waals surface area contributed by atoms with Gasteiger partial charge in [-0.1, -0.05) is 13.3 Å². The van der Waals surface area contributed by atoms with Crippen molar-refractivity contribution in [2.75, 3.05) is 27.2 Å². The molecule has 0 aliphatic carbocycles. The van der Waals surface area contributed by atoms with E-state index >= 15 is 0 Å². The van der Waals surface area contributed by atoms with Gasteiger partial charge < -0.3 is 15.6 Å². The van der Waals surface area contributed by atoms with Gasteiger partial charge in [0.1, 0.15) is 0 Å². The van der Waals surface area contributed by atoms with E-state index in [1.165, 1.54) is 0 Å². The van der Waals surface area contributed by atoms with Gasteiger partial charge >= 0.3 is 0 Å². The lowest BCUT2D eigenvalue weighted by molar-refractivity contribution is -0.282. The second kappa shape index (κ2) is 6.32. The Kier molecular flexibility index (Phi) is 6.24. The third-order valence-corrected chi connectivity index (χ3v) is 2.00. The van der Waals surface area contributed by atoms with E-state index in [9.17, 15) is 5.11 Å². The van der Waals surface area contributed by atoms with Gasteiger partial charge in [-0.3, -0.25) is 4.90 Å². The van der Waals surface area contributed by atoms with Gasteiger partial charge in [-0.15, -0.1) is 0 Å². The minimum absolute atomic E-state index is 0.417. The maximum Gasteiger partial charge on any atom is 0.228 e. The van der Waals surface area contributed by atoms with Gasteiger partial charge in [0.15, 0.2) is 0 Å². The van der Waals surface area contributed by atoms with Crippen molar-refractivity contribution in [1.82, 2.24) is 4.90 Å². The molecule has 0 bridgehead atoms. The molecule has 0 spiro atoms. The fraction of sp³-hybridized carbons (Fsp3) is 1.00. The fourth-order valence-electron chi connectivity index (χ4n) is 0.993. The van der Waals surface area contributed by atoms with E-state index in [0.717, 1.165) is 12.8 Å². The SMILES string of the molecule is CCCCOC(O)(CCN)N(C)C. The van der Waals surface area contributed by atoms with E-state index in [1.54, 1.807) is 19.0 Å². The predicted octanol–water partition coefficient (Wildman–Crippen LogP) is 0.360. The zero-order valence-corrected chi connectivity index (χ0v) is 8.92. The molecule has 0 aromatic heterocycles. The fourth-order valence-corrected chi connectivity index (χ4v) is 0.993. The molecular weight excluding hydrogens is 168 g/mol. The average Bonchev–Trinajstić information content (AvgIpc) is 2.05. The molecule has 3 N–H and O–H groups in total. The number of aliphatic hydroxyl groups is 1. The summed E-state index contributed by atoms with van der Waals surface area (Å²) in [5.74, 6) is -1.19. The lowest BCUT2D eigenvalue weighted by Crippen LogP contribution is -2.48. The first-order chi connectivity index (χ1) is 6.06. The van der Waals surface area contributed by atoms with Crippen LogP contribution in [-0.4, -0.2) is 43.2 Å². The second-order valence-corrected chi connectivity index (χ2v) is 3.38. The number of hydrogen-bond donors (Lipinski definition) is 2. The van der Waals surface area contributed by atoms with Gasteiger partial charge in [-0.05, 0) is 27.1 Å². The molecule has 0 aliphatic rings. The standard InChI is InChI=1S/C9H22N2O2/c1-4-5-8-13-9(12,6-7-10)11(2)3/h12H,4-8,10H2,1-3H3. The summed E-state index contributed by atoms with van der Waals surface area (Å²) in [6, 6.07) is 0. The first-order valence-corrected chi connectivity index (χ1v) is 4.80. The van der Waals surface area contributed by atoms with Crippen LogP contribution in [0.1, 0.15) is 26.2 Å². The maximum atomic E-state index is 9.94. The molecule has 0 aliphatic heterocycles. The summed E-state index contributed by atoms with van der Waals surface area (Å²) < 4.78 is 5.37. The largest absolute Gasteiger partial charge is 0.353 e. The van der Waals surface area contributed by atoms with E-state index in [-0.39, 0.29) is 0 Å². The second-order valence-electron chi connectivity index (χ2n) is 3.38. The molecule has 80 valence electrons. The minimum Gasteiger partial charge on any atom is -0.353 e. The molecule has 0 aromatic rings. The number of nitrogens with zero attached hydrogens (tertiary/aromatic N) is 1. The van der Waals surface area contributed by atoms with Crippen molar-refractivity contribution in [3.63, 3.8) is 0 Å². The topological polar surface area (TPSA) is 58.7 Å². The maximum absolute atomic E-state index is 9.94. The van der Waals surface area contributed by atoms with Crippen LogP contribution in [0.2, 0.25) is 0 Å². The van der Waals surface area contributed by atoms with E-state index < -0.39 is 5.91 Å². The Labute approximate surface area is 80.7 Å². The molecule has 0 aromatic carbocycles. The first-order valence-electron chi connectivity index (χ1n) is 4.80. The molecular formula is C9H22N2O2. The van der Waals surface area contributed by atoms with E-state index in [1.807, 2.05) is 0 Å². The van der Waals surface area contributed by atoms with Crippen LogP contribution in [-0.2, 0) is 4.74 Å². The van der Waals surface area contributed by atoms with Gasteiger partial charge in [0.05, 0.1) is 6.61 Å². The summed E-state index contributed by atoms with van der Waals surface area (Å²) in [7, 11) is 3.56. The molecule has 0 amide bonds. The molecule has 0 fully saturated rings. The Morgan fingerprint density at radius 1 is 1.46 bits per heavy atom. The van der Waals surface area contributed by atoms with Crippen molar-refractivity contribution < 1.29 is 9.84 Å². The molecule has 0 saturated carbocycles. The highest BCUT2D eigenvalue weighted by atomic mass is 16.6. The van der Waals surface area contributed by atoms with Crippen molar-refractivity contribution in [2.24, 2.45) is 5.73 Å². The van der Waals surface area contributed by atoms with E-state index in [2.05, 4.69) is 6.92 Å². The summed E-state index contributed by atoms with van der Waals surface area (Å²) in [5.41, 5.74) is 5.39. The lowest BCUT2D eigenvalue weighted by atomic mass is 10.3. The van der Waals surface area contributed by atoms with Crippen molar-refractivity contribution in [3.05, 3.63) is 0 Å². The number of hydrogen-bond acceptors (Lipinski definition) is 4. The van der Waals surface area contributed by atoms with Gasteiger partial charge in [0.25, 0.3) is 0 Å². The predicted molar refractivity (Wildman–Crippen MR) is 53.2 cm³/mol. The number of rotatable bonds is 7. The van der Waals surface area contributed by atoms with Crippen molar-refractivity contribution >= 4 is 0 Å². The van der Waals surface area contributed by atoms with E-state index in [4.69, 9.17) is 10.5 Å². The lowest BCUT2D eigenvalue weighted by Gasteiger charge is -2.33. The highest BCUT2D eigenvalue weighted by Crippen LogP contribution is 2.14. The molecule has 4 nitrogen and oxygen atoms in total. The Balaban J connectivity index is 3.92. The first kappa shape index (κ1) is 12.8. The number of nitrogens with two attached hydrogens (primary N) is 1. The third kappa shape index (κ3) is 4.57. The van der Waals surface area contributed by atoms with Gasteiger partial charge in [0.2, 0.25) is 5.91 Å². The van der Waals surface area contributed by atoms with Gasteiger partial charge in [-0.25, -0.2) is 0 Å².